The zero-order valence-corrected chi connectivity index (χ0v) is 9.37. The van der Waals surface area contributed by atoms with Crippen LogP contribution in [0.25, 0.3) is 11.1 Å². The van der Waals surface area contributed by atoms with Gasteiger partial charge in [-0.2, -0.15) is 5.10 Å². The highest BCUT2D eigenvalue weighted by Gasteiger charge is 2.07. The van der Waals surface area contributed by atoms with Crippen molar-refractivity contribution in [2.24, 2.45) is 12.8 Å². The van der Waals surface area contributed by atoms with Gasteiger partial charge in [0.2, 0.25) is 0 Å². The van der Waals surface area contributed by atoms with Gasteiger partial charge in [-0.15, -0.1) is 12.4 Å². The molecular weight excluding hydrogens is 210 g/mol. The standard InChI is InChI=1S/C11H13N3.ClH/c1-14-11(7-12)10(8-13-14)9-5-3-2-4-6-9;/h2-6,8H,7,12H2,1H3;1H. The molecule has 0 saturated carbocycles. The first kappa shape index (κ1) is 11.8. The molecule has 2 rings (SSSR count). The third-order valence-corrected chi connectivity index (χ3v) is 2.34. The summed E-state index contributed by atoms with van der Waals surface area (Å²) in [5.41, 5.74) is 9.03. The van der Waals surface area contributed by atoms with E-state index in [2.05, 4.69) is 17.2 Å². The maximum atomic E-state index is 5.67. The van der Waals surface area contributed by atoms with Crippen molar-refractivity contribution in [3.63, 3.8) is 0 Å². The van der Waals surface area contributed by atoms with Gasteiger partial charge in [0.15, 0.2) is 0 Å². The van der Waals surface area contributed by atoms with E-state index in [9.17, 15) is 0 Å². The van der Waals surface area contributed by atoms with Gasteiger partial charge < -0.3 is 5.73 Å². The summed E-state index contributed by atoms with van der Waals surface area (Å²) in [7, 11) is 1.91. The van der Waals surface area contributed by atoms with Crippen LogP contribution in [0.5, 0.6) is 0 Å². The predicted molar refractivity (Wildman–Crippen MR) is 63.8 cm³/mol. The van der Waals surface area contributed by atoms with Crippen molar-refractivity contribution >= 4 is 12.4 Å². The molecule has 1 aromatic carbocycles. The van der Waals surface area contributed by atoms with E-state index < -0.39 is 0 Å². The fourth-order valence-electron chi connectivity index (χ4n) is 1.56. The molecule has 0 radical (unpaired) electrons. The van der Waals surface area contributed by atoms with E-state index in [1.807, 2.05) is 36.1 Å². The lowest BCUT2D eigenvalue weighted by Gasteiger charge is -2.02. The average molecular weight is 224 g/mol. The quantitative estimate of drug-likeness (QED) is 0.846. The number of halogens is 1. The van der Waals surface area contributed by atoms with E-state index in [0.717, 1.165) is 11.3 Å². The molecule has 2 N–H and O–H groups in total. The van der Waals surface area contributed by atoms with Crippen molar-refractivity contribution in [2.75, 3.05) is 0 Å². The summed E-state index contributed by atoms with van der Waals surface area (Å²) < 4.78 is 1.82. The molecule has 15 heavy (non-hydrogen) atoms. The highest BCUT2D eigenvalue weighted by Crippen LogP contribution is 2.22. The second kappa shape index (κ2) is 4.96. The van der Waals surface area contributed by atoms with Gasteiger partial charge in [-0.25, -0.2) is 0 Å². The van der Waals surface area contributed by atoms with Gasteiger partial charge in [-0.05, 0) is 5.56 Å². The highest BCUT2D eigenvalue weighted by molar-refractivity contribution is 5.85. The molecule has 0 spiro atoms. The third kappa shape index (κ3) is 2.19. The summed E-state index contributed by atoms with van der Waals surface area (Å²) >= 11 is 0. The Morgan fingerprint density at radius 3 is 2.53 bits per heavy atom. The molecule has 2 aromatic rings. The van der Waals surface area contributed by atoms with Crippen molar-refractivity contribution in [1.29, 1.82) is 0 Å². The maximum absolute atomic E-state index is 5.67. The lowest BCUT2D eigenvalue weighted by Crippen LogP contribution is -2.05. The summed E-state index contributed by atoms with van der Waals surface area (Å²) in [5.74, 6) is 0. The molecule has 0 saturated heterocycles. The number of rotatable bonds is 2. The van der Waals surface area contributed by atoms with E-state index >= 15 is 0 Å². The Morgan fingerprint density at radius 2 is 1.93 bits per heavy atom. The van der Waals surface area contributed by atoms with Crippen LogP contribution in [-0.2, 0) is 13.6 Å². The van der Waals surface area contributed by atoms with Crippen LogP contribution < -0.4 is 5.73 Å². The molecule has 0 aliphatic heterocycles. The number of benzene rings is 1. The van der Waals surface area contributed by atoms with E-state index in [-0.39, 0.29) is 12.4 Å². The average Bonchev–Trinajstić information content (AvgIpc) is 2.61. The van der Waals surface area contributed by atoms with Gasteiger partial charge in [0.05, 0.1) is 11.9 Å². The van der Waals surface area contributed by atoms with Crippen LogP contribution in [0.1, 0.15) is 5.69 Å². The zero-order valence-electron chi connectivity index (χ0n) is 8.55. The molecule has 0 atom stereocenters. The lowest BCUT2D eigenvalue weighted by atomic mass is 10.1. The molecule has 0 bridgehead atoms. The molecule has 3 nitrogen and oxygen atoms in total. The maximum Gasteiger partial charge on any atom is 0.0594 e. The molecule has 0 fully saturated rings. The summed E-state index contributed by atoms with van der Waals surface area (Å²) in [4.78, 5) is 0. The van der Waals surface area contributed by atoms with E-state index in [1.54, 1.807) is 0 Å². The highest BCUT2D eigenvalue weighted by atomic mass is 35.5. The minimum absolute atomic E-state index is 0. The third-order valence-electron chi connectivity index (χ3n) is 2.34. The molecule has 0 unspecified atom stereocenters. The second-order valence-electron chi connectivity index (χ2n) is 3.20. The van der Waals surface area contributed by atoms with Gasteiger partial charge in [0.25, 0.3) is 0 Å². The van der Waals surface area contributed by atoms with Crippen molar-refractivity contribution < 1.29 is 0 Å². The second-order valence-corrected chi connectivity index (χ2v) is 3.20. The molecule has 1 aromatic heterocycles. The Bertz CT molecular complexity index is 423. The van der Waals surface area contributed by atoms with Crippen molar-refractivity contribution in [3.05, 3.63) is 42.2 Å². The van der Waals surface area contributed by atoms with Gasteiger partial charge in [0, 0.05) is 19.2 Å². The Kier molecular flexibility index (Phi) is 3.88. The fourth-order valence-corrected chi connectivity index (χ4v) is 1.56. The zero-order chi connectivity index (χ0) is 9.97. The molecule has 0 amide bonds. The largest absolute Gasteiger partial charge is 0.325 e. The number of nitrogens with zero attached hydrogens (tertiary/aromatic N) is 2. The van der Waals surface area contributed by atoms with Crippen molar-refractivity contribution in [1.82, 2.24) is 9.78 Å². The van der Waals surface area contributed by atoms with Crippen LogP contribution in [-0.4, -0.2) is 9.78 Å². The van der Waals surface area contributed by atoms with Gasteiger partial charge >= 0.3 is 0 Å². The topological polar surface area (TPSA) is 43.8 Å². The van der Waals surface area contributed by atoms with Gasteiger partial charge in [-0.3, -0.25) is 4.68 Å². The first-order valence-electron chi connectivity index (χ1n) is 4.59. The first-order chi connectivity index (χ1) is 6.83. The predicted octanol–water partition coefficient (Wildman–Crippen LogP) is 1.97. The van der Waals surface area contributed by atoms with Crippen LogP contribution in [0.3, 0.4) is 0 Å². The normalized spacial score (nSPS) is 9.73. The lowest BCUT2D eigenvalue weighted by molar-refractivity contribution is 0.713. The SMILES string of the molecule is Cl.Cn1ncc(-c2ccccc2)c1CN. The minimum atomic E-state index is 0. The smallest absolute Gasteiger partial charge is 0.0594 e. The number of hydrogen-bond donors (Lipinski definition) is 1. The Balaban J connectivity index is 0.00000112. The summed E-state index contributed by atoms with van der Waals surface area (Å²) in [6, 6.07) is 10.2. The molecule has 1 heterocycles. The Morgan fingerprint density at radius 1 is 1.27 bits per heavy atom. The first-order valence-corrected chi connectivity index (χ1v) is 4.59. The summed E-state index contributed by atoms with van der Waals surface area (Å²) in [6.07, 6.45) is 1.86. The monoisotopic (exact) mass is 223 g/mol. The fraction of sp³-hybridized carbons (Fsp3) is 0.182. The number of nitrogens with two attached hydrogens (primary N) is 1. The number of aromatic nitrogens is 2. The van der Waals surface area contributed by atoms with Crippen LogP contribution in [0, 0.1) is 0 Å². The molecular formula is C11H14ClN3. The van der Waals surface area contributed by atoms with Gasteiger partial charge in [-0.1, -0.05) is 30.3 Å². The number of aryl methyl sites for hydroxylation is 1. The van der Waals surface area contributed by atoms with E-state index in [0.29, 0.717) is 6.54 Å². The minimum Gasteiger partial charge on any atom is -0.325 e. The Hall–Kier alpha value is -1.32. The van der Waals surface area contributed by atoms with Crippen molar-refractivity contribution in [2.45, 2.75) is 6.54 Å². The molecule has 0 aliphatic carbocycles. The molecule has 0 aliphatic rings. The molecule has 80 valence electrons. The number of hydrogen-bond acceptors (Lipinski definition) is 2. The van der Waals surface area contributed by atoms with Crippen LogP contribution >= 0.6 is 12.4 Å². The summed E-state index contributed by atoms with van der Waals surface area (Å²) in [5, 5.41) is 4.20. The van der Waals surface area contributed by atoms with Crippen LogP contribution in [0.2, 0.25) is 0 Å². The molecule has 4 heteroatoms. The van der Waals surface area contributed by atoms with E-state index in [4.69, 9.17) is 5.73 Å². The van der Waals surface area contributed by atoms with Crippen LogP contribution in [0.4, 0.5) is 0 Å². The van der Waals surface area contributed by atoms with Crippen molar-refractivity contribution in [3.8, 4) is 11.1 Å². The summed E-state index contributed by atoms with van der Waals surface area (Å²) in [6.45, 7) is 0.515. The van der Waals surface area contributed by atoms with Gasteiger partial charge in [0.1, 0.15) is 0 Å². The van der Waals surface area contributed by atoms with E-state index in [1.165, 1.54) is 5.56 Å². The Labute approximate surface area is 95.3 Å². The van der Waals surface area contributed by atoms with Crippen LogP contribution in [0.15, 0.2) is 36.5 Å².